The van der Waals surface area contributed by atoms with Crippen LogP contribution in [0.5, 0.6) is 5.75 Å². The maximum atomic E-state index is 13.3. The molecule has 0 radical (unpaired) electrons. The molecule has 2 aromatic carbocycles. The first-order valence-electron chi connectivity index (χ1n) is 10.5. The highest BCUT2D eigenvalue weighted by Crippen LogP contribution is 2.37. The van der Waals surface area contributed by atoms with Gasteiger partial charge in [-0.3, -0.25) is 9.10 Å². The van der Waals surface area contributed by atoms with Gasteiger partial charge in [-0.2, -0.15) is 17.5 Å². The van der Waals surface area contributed by atoms with Crippen molar-refractivity contribution >= 4 is 48.9 Å². The highest BCUT2D eigenvalue weighted by Gasteiger charge is 2.35. The number of carbonyl (C=O) groups is 1. The molecular weight excluding hydrogens is 563 g/mol. The predicted octanol–water partition coefficient (Wildman–Crippen LogP) is 2.79. The van der Waals surface area contributed by atoms with Crippen LogP contribution in [0.25, 0.3) is 0 Å². The molecule has 0 atom stereocenters. The van der Waals surface area contributed by atoms with E-state index in [-0.39, 0.29) is 42.6 Å². The Kier molecular flexibility index (Phi) is 8.64. The van der Waals surface area contributed by atoms with Gasteiger partial charge in [-0.25, -0.2) is 16.8 Å². The van der Waals surface area contributed by atoms with E-state index in [1.54, 1.807) is 0 Å². The molecule has 10 nitrogen and oxygen atoms in total. The minimum atomic E-state index is -4.86. The van der Waals surface area contributed by atoms with E-state index in [4.69, 9.17) is 21.1 Å². The second-order valence-electron chi connectivity index (χ2n) is 7.86. The molecule has 0 unspecified atom stereocenters. The third-order valence-electron chi connectivity index (χ3n) is 5.27. The van der Waals surface area contributed by atoms with Crippen molar-refractivity contribution in [2.24, 2.45) is 0 Å². The number of halogens is 4. The predicted molar refractivity (Wildman–Crippen MR) is 130 cm³/mol. The second kappa shape index (κ2) is 11.0. The first-order chi connectivity index (χ1) is 17.1. The molecule has 0 aromatic heterocycles. The lowest BCUT2D eigenvalue weighted by Gasteiger charge is -2.27. The summed E-state index contributed by atoms with van der Waals surface area (Å²) >= 11 is 5.61. The summed E-state index contributed by atoms with van der Waals surface area (Å²) in [5.41, 5.74) is -1.70. The molecular formula is C21H23ClF3N3O7S2. The van der Waals surface area contributed by atoms with Crippen LogP contribution in [0.15, 0.2) is 41.3 Å². The number of nitrogens with zero attached hydrogens (tertiary/aromatic N) is 2. The van der Waals surface area contributed by atoms with Crippen LogP contribution in [0.4, 0.5) is 24.5 Å². The topological polar surface area (TPSA) is 122 Å². The SMILES string of the molecule is COc1ccc(NC(=O)CN(c2ccc(Cl)c(C(F)(F)F)c2)S(C)(=O)=O)cc1S(=O)(=O)N1CCOCC1. The van der Waals surface area contributed by atoms with Crippen molar-refractivity contribution in [1.29, 1.82) is 0 Å². The number of benzene rings is 2. The maximum absolute atomic E-state index is 13.3. The normalized spacial score (nSPS) is 15.3. The largest absolute Gasteiger partial charge is 0.495 e. The molecule has 1 N–H and O–H groups in total. The van der Waals surface area contributed by atoms with Gasteiger partial charge in [0.05, 0.1) is 42.9 Å². The van der Waals surface area contributed by atoms with Gasteiger partial charge >= 0.3 is 6.18 Å². The first kappa shape index (κ1) is 29.0. The van der Waals surface area contributed by atoms with E-state index in [2.05, 4.69) is 5.32 Å². The number of rotatable bonds is 8. The number of amides is 1. The van der Waals surface area contributed by atoms with E-state index in [9.17, 15) is 34.8 Å². The van der Waals surface area contributed by atoms with Gasteiger partial charge < -0.3 is 14.8 Å². The summed E-state index contributed by atoms with van der Waals surface area (Å²) in [5, 5.41) is 1.74. The zero-order chi connectivity index (χ0) is 27.6. The van der Waals surface area contributed by atoms with E-state index in [1.807, 2.05) is 0 Å². The van der Waals surface area contributed by atoms with Crippen LogP contribution < -0.4 is 14.4 Å². The van der Waals surface area contributed by atoms with Crippen molar-refractivity contribution in [2.75, 3.05) is 55.8 Å². The molecule has 1 aliphatic heterocycles. The van der Waals surface area contributed by atoms with Crippen LogP contribution in [-0.4, -0.2) is 73.3 Å². The molecule has 0 saturated carbocycles. The number of hydrogen-bond donors (Lipinski definition) is 1. The van der Waals surface area contributed by atoms with Gasteiger partial charge in [0.25, 0.3) is 0 Å². The van der Waals surface area contributed by atoms with E-state index < -0.39 is 54.9 Å². The average Bonchev–Trinajstić information content (AvgIpc) is 2.82. The van der Waals surface area contributed by atoms with Crippen molar-refractivity contribution in [3.63, 3.8) is 0 Å². The summed E-state index contributed by atoms with van der Waals surface area (Å²) in [7, 11) is -6.96. The van der Waals surface area contributed by atoms with Crippen LogP contribution in [0, 0.1) is 0 Å². The number of carbonyl (C=O) groups excluding carboxylic acids is 1. The fraction of sp³-hybridized carbons (Fsp3) is 0.381. The summed E-state index contributed by atoms with van der Waals surface area (Å²) in [6, 6.07) is 6.23. The van der Waals surface area contributed by atoms with Gasteiger partial charge in [0.2, 0.25) is 26.0 Å². The van der Waals surface area contributed by atoms with E-state index in [0.29, 0.717) is 10.4 Å². The Morgan fingerprint density at radius 2 is 1.78 bits per heavy atom. The van der Waals surface area contributed by atoms with Gasteiger partial charge in [0.1, 0.15) is 17.2 Å². The van der Waals surface area contributed by atoms with Crippen molar-refractivity contribution in [2.45, 2.75) is 11.1 Å². The number of hydrogen-bond acceptors (Lipinski definition) is 7. The Bertz CT molecular complexity index is 1380. The molecule has 16 heteroatoms. The lowest BCUT2D eigenvalue weighted by atomic mass is 10.2. The third-order valence-corrected chi connectivity index (χ3v) is 8.66. The molecule has 1 saturated heterocycles. The quantitative estimate of drug-likeness (QED) is 0.505. The summed E-state index contributed by atoms with van der Waals surface area (Å²) in [6.45, 7) is -0.242. The van der Waals surface area contributed by atoms with Crippen LogP contribution in [0.1, 0.15) is 5.56 Å². The standard InChI is InChI=1S/C21H23ClF3N3O7S2/c1-34-18-6-3-14(11-19(18)37(32,33)27-7-9-35-10-8-27)26-20(29)13-28(36(2,30)31)15-4-5-17(22)16(12-15)21(23,24)25/h3-6,11-12H,7-10,13H2,1-2H3,(H,26,29). The molecule has 1 heterocycles. The van der Waals surface area contributed by atoms with Gasteiger partial charge in [0.15, 0.2) is 0 Å². The number of ether oxygens (including phenoxy) is 2. The molecule has 37 heavy (non-hydrogen) atoms. The van der Waals surface area contributed by atoms with Gasteiger partial charge in [-0.15, -0.1) is 0 Å². The van der Waals surface area contributed by atoms with Crippen molar-refractivity contribution in [1.82, 2.24) is 4.31 Å². The minimum absolute atomic E-state index is 0.00169. The molecule has 1 aliphatic rings. The van der Waals surface area contributed by atoms with Crippen LogP contribution >= 0.6 is 11.6 Å². The number of anilines is 2. The Morgan fingerprint density at radius 1 is 1.14 bits per heavy atom. The third kappa shape index (κ3) is 6.84. The van der Waals surface area contributed by atoms with Gasteiger partial charge in [0, 0.05) is 18.8 Å². The zero-order valence-corrected chi connectivity index (χ0v) is 22.0. The van der Waals surface area contributed by atoms with Crippen LogP contribution in [0.2, 0.25) is 5.02 Å². The Balaban J connectivity index is 1.89. The summed E-state index contributed by atoms with van der Waals surface area (Å²) in [5.74, 6) is -0.920. The number of alkyl halides is 3. The molecule has 0 bridgehead atoms. The smallest absolute Gasteiger partial charge is 0.417 e. The average molecular weight is 586 g/mol. The molecule has 204 valence electrons. The molecule has 2 aromatic rings. The van der Waals surface area contributed by atoms with E-state index in [1.165, 1.54) is 23.5 Å². The van der Waals surface area contributed by atoms with E-state index in [0.717, 1.165) is 24.5 Å². The Hall–Kier alpha value is -2.59. The summed E-state index contributed by atoms with van der Waals surface area (Å²) in [4.78, 5) is 12.5. The van der Waals surface area contributed by atoms with Gasteiger partial charge in [-0.05, 0) is 36.4 Å². The first-order valence-corrected chi connectivity index (χ1v) is 14.2. The van der Waals surface area contributed by atoms with Crippen LogP contribution in [0.3, 0.4) is 0 Å². The number of sulfonamides is 2. The zero-order valence-electron chi connectivity index (χ0n) is 19.6. The lowest BCUT2D eigenvalue weighted by Crippen LogP contribution is -2.40. The summed E-state index contributed by atoms with van der Waals surface area (Å²) in [6.07, 6.45) is -4.13. The van der Waals surface area contributed by atoms with Gasteiger partial charge in [-0.1, -0.05) is 11.6 Å². The minimum Gasteiger partial charge on any atom is -0.495 e. The van der Waals surface area contributed by atoms with Crippen molar-refractivity contribution in [3.05, 3.63) is 47.0 Å². The van der Waals surface area contributed by atoms with Crippen molar-refractivity contribution in [3.8, 4) is 5.75 Å². The van der Waals surface area contributed by atoms with E-state index >= 15 is 0 Å². The fourth-order valence-corrected chi connectivity index (χ4v) is 6.16. The number of methoxy groups -OCH3 is 1. The van der Waals surface area contributed by atoms with Crippen LogP contribution in [-0.2, 0) is 35.8 Å². The van der Waals surface area contributed by atoms with Crippen molar-refractivity contribution < 1.29 is 44.3 Å². The maximum Gasteiger partial charge on any atom is 0.417 e. The highest BCUT2D eigenvalue weighted by atomic mass is 35.5. The fourth-order valence-electron chi connectivity index (χ4n) is 3.50. The Labute approximate surface area is 217 Å². The molecule has 0 spiro atoms. The monoisotopic (exact) mass is 585 g/mol. The molecule has 3 rings (SSSR count). The molecule has 1 amide bonds. The number of morpholine rings is 1. The molecule has 1 fully saturated rings. The number of nitrogens with one attached hydrogen (secondary N) is 1. The lowest BCUT2D eigenvalue weighted by molar-refractivity contribution is -0.137. The highest BCUT2D eigenvalue weighted by molar-refractivity contribution is 7.92. The molecule has 0 aliphatic carbocycles. The Morgan fingerprint density at radius 3 is 2.35 bits per heavy atom. The summed E-state index contributed by atoms with van der Waals surface area (Å²) < 4.78 is 103. The second-order valence-corrected chi connectivity index (χ2v) is 12.1.